The predicted octanol–water partition coefficient (Wildman–Crippen LogP) is 2.62. The molecule has 0 amide bonds. The second-order valence-electron chi connectivity index (χ2n) is 4.73. The van der Waals surface area contributed by atoms with Gasteiger partial charge in [0.15, 0.2) is 0 Å². The predicted molar refractivity (Wildman–Crippen MR) is 66.3 cm³/mol. The lowest BCUT2D eigenvalue weighted by atomic mass is 9.91. The van der Waals surface area contributed by atoms with Gasteiger partial charge in [-0.2, -0.15) is 0 Å². The fourth-order valence-corrected chi connectivity index (χ4v) is 2.51. The molecule has 2 aromatic rings. The van der Waals surface area contributed by atoms with E-state index in [1.165, 1.54) is 23.8 Å². The van der Waals surface area contributed by atoms with Gasteiger partial charge in [-0.05, 0) is 48.9 Å². The van der Waals surface area contributed by atoms with E-state index < -0.39 is 0 Å². The maximum absolute atomic E-state index is 5.69. The summed E-state index contributed by atoms with van der Waals surface area (Å²) in [5.74, 6) is 0. The van der Waals surface area contributed by atoms with Gasteiger partial charge in [-0.15, -0.1) is 0 Å². The van der Waals surface area contributed by atoms with E-state index in [-0.39, 0.29) is 0 Å². The average molecular weight is 212 g/mol. The van der Waals surface area contributed by atoms with E-state index in [1.807, 2.05) is 12.3 Å². The minimum absolute atomic E-state index is 0.375. The van der Waals surface area contributed by atoms with Crippen molar-refractivity contribution >= 4 is 10.9 Å². The summed E-state index contributed by atoms with van der Waals surface area (Å²) < 4.78 is 0. The van der Waals surface area contributed by atoms with Crippen molar-refractivity contribution < 1.29 is 0 Å². The zero-order valence-corrected chi connectivity index (χ0v) is 9.32. The first-order chi connectivity index (χ1) is 7.84. The third kappa shape index (κ3) is 1.50. The molecule has 0 saturated heterocycles. The molecule has 1 heterocycles. The molecular weight excluding hydrogens is 196 g/mol. The van der Waals surface area contributed by atoms with Gasteiger partial charge in [-0.25, -0.2) is 0 Å². The molecule has 0 aliphatic heterocycles. The Hall–Kier alpha value is -1.41. The molecule has 1 saturated carbocycles. The van der Waals surface area contributed by atoms with Crippen LogP contribution in [0.25, 0.3) is 10.9 Å². The lowest BCUT2D eigenvalue weighted by Gasteiger charge is -2.14. The lowest BCUT2D eigenvalue weighted by Crippen LogP contribution is -2.13. The maximum Gasteiger partial charge on any atom is 0.0704 e. The number of pyridine rings is 1. The number of nitrogens with two attached hydrogens (primary N) is 1. The highest BCUT2D eigenvalue weighted by Crippen LogP contribution is 2.51. The van der Waals surface area contributed by atoms with Crippen LogP contribution in [0.3, 0.4) is 0 Å². The van der Waals surface area contributed by atoms with E-state index in [1.54, 1.807) is 0 Å². The molecule has 0 bridgehead atoms. The van der Waals surface area contributed by atoms with E-state index in [0.717, 1.165) is 18.5 Å². The summed E-state index contributed by atoms with van der Waals surface area (Å²) in [5.41, 5.74) is 8.59. The molecule has 0 spiro atoms. The third-order valence-electron chi connectivity index (χ3n) is 3.69. The minimum Gasteiger partial charge on any atom is -0.330 e. The number of hydrogen-bond acceptors (Lipinski definition) is 2. The van der Waals surface area contributed by atoms with E-state index >= 15 is 0 Å². The Morgan fingerprint density at radius 3 is 2.88 bits per heavy atom. The molecule has 1 aliphatic rings. The van der Waals surface area contributed by atoms with Gasteiger partial charge < -0.3 is 5.73 Å². The molecular formula is C14H16N2. The number of fused-ring (bicyclic) bond motifs is 1. The maximum atomic E-state index is 5.69. The molecule has 2 heteroatoms. The molecule has 1 fully saturated rings. The van der Waals surface area contributed by atoms with Crippen LogP contribution in [0.15, 0.2) is 36.5 Å². The number of benzene rings is 1. The van der Waals surface area contributed by atoms with Gasteiger partial charge in [0.1, 0.15) is 0 Å². The van der Waals surface area contributed by atoms with Crippen molar-refractivity contribution in [3.63, 3.8) is 0 Å². The van der Waals surface area contributed by atoms with Crippen molar-refractivity contribution in [3.8, 4) is 0 Å². The first kappa shape index (κ1) is 9.79. The molecule has 1 aliphatic carbocycles. The van der Waals surface area contributed by atoms with Crippen molar-refractivity contribution in [2.45, 2.75) is 24.7 Å². The van der Waals surface area contributed by atoms with Gasteiger partial charge in [0.25, 0.3) is 0 Å². The van der Waals surface area contributed by atoms with Crippen LogP contribution in [-0.2, 0) is 5.41 Å². The molecule has 16 heavy (non-hydrogen) atoms. The van der Waals surface area contributed by atoms with Crippen LogP contribution in [-0.4, -0.2) is 11.5 Å². The quantitative estimate of drug-likeness (QED) is 0.849. The minimum atomic E-state index is 0.375. The van der Waals surface area contributed by atoms with Crippen molar-refractivity contribution in [1.82, 2.24) is 4.98 Å². The van der Waals surface area contributed by atoms with E-state index in [2.05, 4.69) is 29.2 Å². The molecule has 0 unspecified atom stereocenters. The summed E-state index contributed by atoms with van der Waals surface area (Å²) in [6.45, 7) is 0.778. The Morgan fingerprint density at radius 1 is 1.25 bits per heavy atom. The highest BCUT2D eigenvalue weighted by atomic mass is 14.6. The number of hydrogen-bond donors (Lipinski definition) is 1. The van der Waals surface area contributed by atoms with Gasteiger partial charge in [-0.3, -0.25) is 4.98 Å². The second kappa shape index (κ2) is 3.56. The topological polar surface area (TPSA) is 38.9 Å². The lowest BCUT2D eigenvalue weighted by molar-refractivity contribution is 0.630. The van der Waals surface area contributed by atoms with Gasteiger partial charge >= 0.3 is 0 Å². The number of aromatic nitrogens is 1. The summed E-state index contributed by atoms with van der Waals surface area (Å²) in [6, 6.07) is 10.7. The zero-order chi connectivity index (χ0) is 11.0. The monoisotopic (exact) mass is 212 g/mol. The van der Waals surface area contributed by atoms with E-state index in [0.29, 0.717) is 5.41 Å². The molecule has 0 radical (unpaired) electrons. The Balaban J connectivity index is 2.05. The molecule has 82 valence electrons. The Kier molecular flexibility index (Phi) is 2.18. The van der Waals surface area contributed by atoms with Crippen LogP contribution in [0.4, 0.5) is 0 Å². The molecule has 1 aromatic heterocycles. The van der Waals surface area contributed by atoms with Gasteiger partial charge in [0, 0.05) is 11.6 Å². The van der Waals surface area contributed by atoms with Crippen LogP contribution in [0.1, 0.15) is 24.8 Å². The summed E-state index contributed by atoms with van der Waals surface area (Å²) in [4.78, 5) is 4.41. The van der Waals surface area contributed by atoms with Crippen LogP contribution in [0, 0.1) is 0 Å². The number of nitrogens with zero attached hydrogens (tertiary/aromatic N) is 1. The van der Waals surface area contributed by atoms with E-state index in [9.17, 15) is 0 Å². The van der Waals surface area contributed by atoms with Crippen molar-refractivity contribution in [1.29, 1.82) is 0 Å². The Labute approximate surface area is 95.5 Å². The molecule has 2 N–H and O–H groups in total. The van der Waals surface area contributed by atoms with Crippen molar-refractivity contribution in [2.75, 3.05) is 6.54 Å². The van der Waals surface area contributed by atoms with Crippen LogP contribution < -0.4 is 5.73 Å². The normalized spacial score (nSPS) is 17.6. The molecule has 3 rings (SSSR count). The van der Waals surface area contributed by atoms with E-state index in [4.69, 9.17) is 5.73 Å². The third-order valence-corrected chi connectivity index (χ3v) is 3.69. The van der Waals surface area contributed by atoms with Crippen LogP contribution in [0.2, 0.25) is 0 Å². The SMILES string of the molecule is NCCC1(c2ccc3cccnc3c2)CC1. The zero-order valence-electron chi connectivity index (χ0n) is 9.32. The van der Waals surface area contributed by atoms with Crippen LogP contribution in [0.5, 0.6) is 0 Å². The summed E-state index contributed by atoms with van der Waals surface area (Å²) in [7, 11) is 0. The highest BCUT2D eigenvalue weighted by molar-refractivity contribution is 5.79. The Bertz CT molecular complexity index is 515. The largest absolute Gasteiger partial charge is 0.330 e. The number of rotatable bonds is 3. The highest BCUT2D eigenvalue weighted by Gasteiger charge is 2.43. The smallest absolute Gasteiger partial charge is 0.0704 e. The molecule has 2 nitrogen and oxygen atoms in total. The first-order valence-corrected chi connectivity index (χ1v) is 5.89. The first-order valence-electron chi connectivity index (χ1n) is 5.89. The van der Waals surface area contributed by atoms with Crippen molar-refractivity contribution in [3.05, 3.63) is 42.1 Å². The summed E-state index contributed by atoms with van der Waals surface area (Å²) in [5, 5.41) is 1.22. The van der Waals surface area contributed by atoms with Gasteiger partial charge in [-0.1, -0.05) is 18.2 Å². The average Bonchev–Trinajstić information content (AvgIpc) is 3.10. The Morgan fingerprint density at radius 2 is 2.12 bits per heavy atom. The van der Waals surface area contributed by atoms with Gasteiger partial charge in [0.05, 0.1) is 5.52 Å². The molecule has 0 atom stereocenters. The summed E-state index contributed by atoms with van der Waals surface area (Å²) in [6.07, 6.45) is 5.52. The van der Waals surface area contributed by atoms with Gasteiger partial charge in [0.2, 0.25) is 0 Å². The second-order valence-corrected chi connectivity index (χ2v) is 4.73. The summed E-state index contributed by atoms with van der Waals surface area (Å²) >= 11 is 0. The standard InChI is InChI=1S/C14H16N2/c15-8-7-14(5-6-14)12-4-3-11-2-1-9-16-13(11)10-12/h1-4,9-10H,5-8,15H2. The van der Waals surface area contributed by atoms with Crippen LogP contribution >= 0.6 is 0 Å². The molecule has 1 aromatic carbocycles. The fraction of sp³-hybridized carbons (Fsp3) is 0.357. The van der Waals surface area contributed by atoms with Crippen molar-refractivity contribution in [2.24, 2.45) is 5.73 Å². The fourth-order valence-electron chi connectivity index (χ4n) is 2.51.